The Kier molecular flexibility index (Phi) is 6.15. The average molecular weight is 379 g/mol. The van der Waals surface area contributed by atoms with E-state index in [4.69, 9.17) is 16.3 Å². The molecule has 0 spiro atoms. The van der Waals surface area contributed by atoms with Gasteiger partial charge in [-0.25, -0.2) is 4.79 Å². The van der Waals surface area contributed by atoms with Gasteiger partial charge in [0.05, 0.1) is 23.0 Å². The molecular formula is C18H19ClN2O5. The first-order valence-corrected chi connectivity index (χ1v) is 8.54. The lowest BCUT2D eigenvalue weighted by Gasteiger charge is -2.31. The first-order valence-electron chi connectivity index (χ1n) is 8.01. The lowest BCUT2D eigenvalue weighted by Crippen LogP contribution is -2.32. The summed E-state index contributed by atoms with van der Waals surface area (Å²) in [5.74, 6) is -1.65. The van der Waals surface area contributed by atoms with Gasteiger partial charge in [0, 0.05) is 35.0 Å². The highest BCUT2D eigenvalue weighted by Gasteiger charge is 2.37. The predicted octanol–water partition coefficient (Wildman–Crippen LogP) is 3.20. The quantitative estimate of drug-likeness (QED) is 0.353. The largest absolute Gasteiger partial charge is 0.463 e. The number of hydrogen-bond donors (Lipinski definition) is 1. The van der Waals surface area contributed by atoms with E-state index in [1.54, 1.807) is 19.9 Å². The topological polar surface area (TPSA) is 98.5 Å². The molecule has 0 aliphatic carbocycles. The van der Waals surface area contributed by atoms with E-state index in [-0.39, 0.29) is 29.5 Å². The van der Waals surface area contributed by atoms with Gasteiger partial charge in [-0.2, -0.15) is 0 Å². The van der Waals surface area contributed by atoms with Crippen molar-refractivity contribution >= 4 is 29.0 Å². The van der Waals surface area contributed by atoms with E-state index in [2.05, 4.69) is 5.32 Å². The molecule has 1 aromatic rings. The molecule has 8 heteroatoms. The zero-order chi connectivity index (χ0) is 19.4. The van der Waals surface area contributed by atoms with E-state index >= 15 is 0 Å². The molecule has 138 valence electrons. The van der Waals surface area contributed by atoms with Gasteiger partial charge in [-0.1, -0.05) is 12.1 Å². The van der Waals surface area contributed by atoms with Crippen molar-refractivity contribution in [1.29, 1.82) is 0 Å². The Hall–Kier alpha value is -2.67. The molecule has 0 bridgehead atoms. The number of dihydropyridines is 1. The Labute approximate surface area is 155 Å². The van der Waals surface area contributed by atoms with Crippen molar-refractivity contribution in [2.75, 3.05) is 12.5 Å². The van der Waals surface area contributed by atoms with Gasteiger partial charge in [0.25, 0.3) is 5.69 Å². The van der Waals surface area contributed by atoms with Crippen LogP contribution >= 0.6 is 11.6 Å². The van der Waals surface area contributed by atoms with Crippen LogP contribution in [0.25, 0.3) is 0 Å². The number of nitrogens with one attached hydrogen (secondary N) is 1. The fourth-order valence-corrected chi connectivity index (χ4v) is 3.28. The second kappa shape index (κ2) is 8.14. The first kappa shape index (κ1) is 19.7. The molecule has 1 heterocycles. The minimum atomic E-state index is -0.790. The number of hydrogen-bond acceptors (Lipinski definition) is 6. The third kappa shape index (κ3) is 3.77. The van der Waals surface area contributed by atoms with E-state index in [9.17, 15) is 19.7 Å². The number of nitrogens with zero attached hydrogens (tertiary/aromatic N) is 1. The number of alkyl halides is 1. The molecule has 26 heavy (non-hydrogen) atoms. The minimum absolute atomic E-state index is 0.00208. The SMILES string of the molecule is CCOC(=O)C1=C(CCl)NC(C)=C(C(C)=O)C1c1cccc([N+](=O)[O-])c1. The summed E-state index contributed by atoms with van der Waals surface area (Å²) in [5.41, 5.74) is 1.84. The Bertz CT molecular complexity index is 829. The van der Waals surface area contributed by atoms with Gasteiger partial charge in [-0.15, -0.1) is 11.6 Å². The van der Waals surface area contributed by atoms with Crippen LogP contribution < -0.4 is 5.32 Å². The molecule has 1 aliphatic rings. The maximum Gasteiger partial charge on any atom is 0.336 e. The van der Waals surface area contributed by atoms with Gasteiger partial charge >= 0.3 is 5.97 Å². The Morgan fingerprint density at radius 2 is 2.04 bits per heavy atom. The number of esters is 1. The van der Waals surface area contributed by atoms with E-state index in [0.717, 1.165) is 0 Å². The Morgan fingerprint density at radius 1 is 1.35 bits per heavy atom. The van der Waals surface area contributed by atoms with Gasteiger partial charge in [0.15, 0.2) is 5.78 Å². The molecule has 0 amide bonds. The average Bonchev–Trinajstić information content (AvgIpc) is 2.60. The van der Waals surface area contributed by atoms with Crippen LogP contribution in [0.5, 0.6) is 0 Å². The fourth-order valence-electron chi connectivity index (χ4n) is 3.07. The highest BCUT2D eigenvalue weighted by atomic mass is 35.5. The van der Waals surface area contributed by atoms with Crippen molar-refractivity contribution < 1.29 is 19.2 Å². The zero-order valence-electron chi connectivity index (χ0n) is 14.7. The highest BCUT2D eigenvalue weighted by Crippen LogP contribution is 2.40. The van der Waals surface area contributed by atoms with Gasteiger partial charge in [-0.05, 0) is 26.3 Å². The molecule has 0 aromatic heterocycles. The number of non-ortho nitro benzene ring substituents is 1. The molecule has 1 atom stereocenters. The van der Waals surface area contributed by atoms with E-state index < -0.39 is 16.8 Å². The number of nitro benzene ring substituents is 1. The summed E-state index contributed by atoms with van der Waals surface area (Å²) in [6, 6.07) is 5.87. The summed E-state index contributed by atoms with van der Waals surface area (Å²) in [6.07, 6.45) is 0. The van der Waals surface area contributed by atoms with Crippen molar-refractivity contribution in [2.24, 2.45) is 0 Å². The van der Waals surface area contributed by atoms with Crippen molar-refractivity contribution in [1.82, 2.24) is 5.32 Å². The van der Waals surface area contributed by atoms with Crippen LogP contribution in [0.2, 0.25) is 0 Å². The van der Waals surface area contributed by atoms with E-state index in [1.807, 2.05) is 0 Å². The second-order valence-corrected chi connectivity index (χ2v) is 6.02. The van der Waals surface area contributed by atoms with Crippen LogP contribution in [0, 0.1) is 10.1 Å². The molecule has 1 unspecified atom stereocenters. The van der Waals surface area contributed by atoms with Crippen molar-refractivity contribution in [3.05, 3.63) is 62.5 Å². The number of carbonyl (C=O) groups excluding carboxylic acids is 2. The number of benzene rings is 1. The molecule has 1 aromatic carbocycles. The summed E-state index contributed by atoms with van der Waals surface area (Å²) in [5, 5.41) is 14.1. The standard InChI is InChI=1S/C18H19ClN2O5/c1-4-26-18(23)17-14(9-19)20-10(2)15(11(3)22)16(17)12-6-5-7-13(8-12)21(24)25/h5-8,16,20H,4,9H2,1-3H3. The van der Waals surface area contributed by atoms with Crippen LogP contribution in [0.3, 0.4) is 0 Å². The molecule has 0 saturated carbocycles. The molecule has 1 N–H and O–H groups in total. The van der Waals surface area contributed by atoms with Crippen molar-refractivity contribution in [3.8, 4) is 0 Å². The number of allylic oxidation sites excluding steroid dienone is 3. The lowest BCUT2D eigenvalue weighted by molar-refractivity contribution is -0.384. The lowest BCUT2D eigenvalue weighted by atomic mass is 9.79. The van der Waals surface area contributed by atoms with Crippen LogP contribution in [0.4, 0.5) is 5.69 Å². The second-order valence-electron chi connectivity index (χ2n) is 5.75. The summed E-state index contributed by atoms with van der Waals surface area (Å²) in [4.78, 5) is 35.5. The Morgan fingerprint density at radius 3 is 2.58 bits per heavy atom. The molecule has 2 rings (SSSR count). The van der Waals surface area contributed by atoms with Gasteiger partial charge in [0.2, 0.25) is 0 Å². The smallest absolute Gasteiger partial charge is 0.336 e. The third-order valence-electron chi connectivity index (χ3n) is 4.07. The maximum atomic E-state index is 12.6. The summed E-state index contributed by atoms with van der Waals surface area (Å²) < 4.78 is 5.14. The number of ether oxygens (including phenoxy) is 1. The van der Waals surface area contributed by atoms with Crippen LogP contribution in [-0.2, 0) is 14.3 Å². The van der Waals surface area contributed by atoms with E-state index in [0.29, 0.717) is 22.5 Å². The Balaban J connectivity index is 2.73. The van der Waals surface area contributed by atoms with Crippen LogP contribution in [0.15, 0.2) is 46.8 Å². The van der Waals surface area contributed by atoms with Gasteiger partial charge < -0.3 is 10.1 Å². The number of nitro groups is 1. The molecule has 0 radical (unpaired) electrons. The predicted molar refractivity (Wildman–Crippen MR) is 96.7 cm³/mol. The van der Waals surface area contributed by atoms with Crippen molar-refractivity contribution in [3.63, 3.8) is 0 Å². The number of carbonyl (C=O) groups is 2. The third-order valence-corrected chi connectivity index (χ3v) is 4.33. The number of Topliss-reactive ketones (excluding diaryl/α,β-unsaturated/α-hetero) is 1. The zero-order valence-corrected chi connectivity index (χ0v) is 15.4. The number of ketones is 1. The molecule has 0 fully saturated rings. The van der Waals surface area contributed by atoms with Crippen LogP contribution in [0.1, 0.15) is 32.3 Å². The summed E-state index contributed by atoms with van der Waals surface area (Å²) in [6.45, 7) is 4.91. The van der Waals surface area contributed by atoms with Crippen LogP contribution in [-0.4, -0.2) is 29.2 Å². The van der Waals surface area contributed by atoms with Crippen molar-refractivity contribution in [2.45, 2.75) is 26.7 Å². The fraction of sp³-hybridized carbons (Fsp3) is 0.333. The highest BCUT2D eigenvalue weighted by molar-refractivity contribution is 6.20. The van der Waals surface area contributed by atoms with Gasteiger partial charge in [0.1, 0.15) is 0 Å². The molecule has 0 saturated heterocycles. The van der Waals surface area contributed by atoms with E-state index in [1.165, 1.54) is 25.1 Å². The van der Waals surface area contributed by atoms with Gasteiger partial charge in [-0.3, -0.25) is 14.9 Å². The monoisotopic (exact) mass is 378 g/mol. The first-order chi connectivity index (χ1) is 12.3. The molecule has 1 aliphatic heterocycles. The number of rotatable bonds is 6. The number of halogens is 1. The minimum Gasteiger partial charge on any atom is -0.463 e. The summed E-state index contributed by atoms with van der Waals surface area (Å²) >= 11 is 6.00. The summed E-state index contributed by atoms with van der Waals surface area (Å²) in [7, 11) is 0. The maximum absolute atomic E-state index is 12.6. The molecular weight excluding hydrogens is 360 g/mol. The normalized spacial score (nSPS) is 17.0. The molecule has 7 nitrogen and oxygen atoms in total.